The van der Waals surface area contributed by atoms with Gasteiger partial charge in [-0.25, -0.2) is 0 Å². The maximum atomic E-state index is 12.2. The summed E-state index contributed by atoms with van der Waals surface area (Å²) in [5.41, 5.74) is 1.21. The third-order valence-electron chi connectivity index (χ3n) is 2.82. The van der Waals surface area contributed by atoms with E-state index in [0.29, 0.717) is 11.1 Å². The molecule has 0 saturated heterocycles. The minimum absolute atomic E-state index is 0.0818. The van der Waals surface area contributed by atoms with Gasteiger partial charge in [-0.3, -0.25) is 9.59 Å². The molecule has 2 aromatic carbocycles. The van der Waals surface area contributed by atoms with Crippen molar-refractivity contribution in [3.05, 3.63) is 65.7 Å². The zero-order chi connectivity index (χ0) is 13.7. The first-order valence-electron chi connectivity index (χ1n) is 5.97. The van der Waals surface area contributed by atoms with Crippen molar-refractivity contribution in [1.29, 1.82) is 0 Å². The summed E-state index contributed by atoms with van der Waals surface area (Å²) in [4.78, 5) is 25.1. The Morgan fingerprint density at radius 1 is 0.895 bits per heavy atom. The summed E-state index contributed by atoms with van der Waals surface area (Å²) in [7, 11) is 0. The van der Waals surface area contributed by atoms with Crippen LogP contribution in [0.15, 0.2) is 59.5 Å². The Hall–Kier alpha value is -1.87. The van der Waals surface area contributed by atoms with Gasteiger partial charge in [0.1, 0.15) is 0 Å². The lowest BCUT2D eigenvalue weighted by atomic mass is 10.0. The van der Waals surface area contributed by atoms with Gasteiger partial charge in [0, 0.05) is 16.0 Å². The van der Waals surface area contributed by atoms with E-state index in [4.69, 9.17) is 0 Å². The monoisotopic (exact) mass is 270 g/mol. The molecule has 2 aromatic rings. The molecule has 96 valence electrons. The summed E-state index contributed by atoms with van der Waals surface area (Å²) in [6.45, 7) is 0. The largest absolute Gasteiger partial charge is 0.294 e. The van der Waals surface area contributed by atoms with Crippen LogP contribution in [0.25, 0.3) is 0 Å². The number of Topliss-reactive ketones (excluding diaryl/α,β-unsaturated/α-hetero) is 2. The van der Waals surface area contributed by atoms with Gasteiger partial charge in [-0.05, 0) is 12.3 Å². The van der Waals surface area contributed by atoms with Crippen LogP contribution in [0.1, 0.15) is 27.1 Å². The predicted octanol–water partition coefficient (Wildman–Crippen LogP) is 3.86. The Balaban J connectivity index is 2.16. The predicted molar refractivity (Wildman–Crippen MR) is 77.9 cm³/mol. The first kappa shape index (κ1) is 13.6. The van der Waals surface area contributed by atoms with Gasteiger partial charge in [0.25, 0.3) is 0 Å². The van der Waals surface area contributed by atoms with Gasteiger partial charge in [-0.2, -0.15) is 0 Å². The lowest BCUT2D eigenvalue weighted by Crippen LogP contribution is -2.09. The minimum atomic E-state index is -0.137. The highest BCUT2D eigenvalue weighted by Gasteiger charge is 2.15. The minimum Gasteiger partial charge on any atom is -0.294 e. The lowest BCUT2D eigenvalue weighted by Gasteiger charge is -2.05. The van der Waals surface area contributed by atoms with Crippen LogP contribution in [-0.4, -0.2) is 17.8 Å². The molecule has 0 aliphatic rings. The molecular formula is C16H14O2S. The van der Waals surface area contributed by atoms with Crippen molar-refractivity contribution in [2.45, 2.75) is 11.3 Å². The maximum Gasteiger partial charge on any atom is 0.171 e. The smallest absolute Gasteiger partial charge is 0.171 e. The topological polar surface area (TPSA) is 34.1 Å². The first-order chi connectivity index (χ1) is 9.22. The first-order valence-corrected chi connectivity index (χ1v) is 7.19. The second-order valence-electron chi connectivity index (χ2n) is 4.09. The van der Waals surface area contributed by atoms with E-state index in [-0.39, 0.29) is 18.0 Å². The number of thioether (sulfide) groups is 1. The average molecular weight is 270 g/mol. The van der Waals surface area contributed by atoms with Gasteiger partial charge in [-0.1, -0.05) is 48.5 Å². The SMILES string of the molecule is CSc1ccccc1C(=O)CC(=O)c1ccccc1. The molecule has 0 N–H and O–H groups in total. The molecule has 2 rings (SSSR count). The van der Waals surface area contributed by atoms with Gasteiger partial charge in [0.15, 0.2) is 11.6 Å². The molecule has 0 aliphatic carbocycles. The number of carbonyl (C=O) groups excluding carboxylic acids is 2. The molecule has 2 nitrogen and oxygen atoms in total. The Labute approximate surface area is 116 Å². The fraction of sp³-hybridized carbons (Fsp3) is 0.125. The quantitative estimate of drug-likeness (QED) is 0.470. The normalized spacial score (nSPS) is 10.2. The molecule has 19 heavy (non-hydrogen) atoms. The summed E-state index contributed by atoms with van der Waals surface area (Å²) in [6, 6.07) is 16.3. The molecule has 0 bridgehead atoms. The van der Waals surface area contributed by atoms with E-state index in [2.05, 4.69) is 0 Å². The van der Waals surface area contributed by atoms with Crippen molar-refractivity contribution >= 4 is 23.3 Å². The molecule has 0 unspecified atom stereocenters. The molecule has 0 heterocycles. The Kier molecular flexibility index (Phi) is 4.53. The van der Waals surface area contributed by atoms with Crippen molar-refractivity contribution in [3.63, 3.8) is 0 Å². The van der Waals surface area contributed by atoms with E-state index in [1.54, 1.807) is 30.3 Å². The highest BCUT2D eigenvalue weighted by molar-refractivity contribution is 7.98. The van der Waals surface area contributed by atoms with E-state index in [1.807, 2.05) is 30.5 Å². The molecule has 0 radical (unpaired) electrons. The second kappa shape index (κ2) is 6.34. The van der Waals surface area contributed by atoms with Crippen molar-refractivity contribution in [1.82, 2.24) is 0 Å². The average Bonchev–Trinajstić information content (AvgIpc) is 2.48. The maximum absolute atomic E-state index is 12.2. The number of ketones is 2. The zero-order valence-corrected chi connectivity index (χ0v) is 11.4. The van der Waals surface area contributed by atoms with Crippen LogP contribution in [0.2, 0.25) is 0 Å². The molecular weight excluding hydrogens is 256 g/mol. The van der Waals surface area contributed by atoms with Gasteiger partial charge >= 0.3 is 0 Å². The van der Waals surface area contributed by atoms with Crippen LogP contribution < -0.4 is 0 Å². The fourth-order valence-corrected chi connectivity index (χ4v) is 2.46. The number of rotatable bonds is 5. The molecule has 0 spiro atoms. The summed E-state index contributed by atoms with van der Waals surface area (Å²) < 4.78 is 0. The van der Waals surface area contributed by atoms with E-state index < -0.39 is 0 Å². The van der Waals surface area contributed by atoms with Gasteiger partial charge in [0.2, 0.25) is 0 Å². The number of carbonyl (C=O) groups is 2. The number of benzene rings is 2. The van der Waals surface area contributed by atoms with Gasteiger partial charge in [-0.15, -0.1) is 11.8 Å². The van der Waals surface area contributed by atoms with E-state index in [0.717, 1.165) is 4.90 Å². The van der Waals surface area contributed by atoms with E-state index >= 15 is 0 Å². The van der Waals surface area contributed by atoms with Crippen molar-refractivity contribution in [2.75, 3.05) is 6.26 Å². The number of hydrogen-bond donors (Lipinski definition) is 0. The summed E-state index contributed by atoms with van der Waals surface area (Å²) in [6.07, 6.45) is 1.84. The third kappa shape index (κ3) is 3.32. The lowest BCUT2D eigenvalue weighted by molar-refractivity contribution is 0.0892. The zero-order valence-electron chi connectivity index (χ0n) is 10.6. The second-order valence-corrected chi connectivity index (χ2v) is 4.94. The van der Waals surface area contributed by atoms with Gasteiger partial charge < -0.3 is 0 Å². The van der Waals surface area contributed by atoms with Crippen LogP contribution in [0.3, 0.4) is 0 Å². The fourth-order valence-electron chi connectivity index (χ4n) is 1.84. The Bertz CT molecular complexity index is 591. The Morgan fingerprint density at radius 3 is 2.21 bits per heavy atom. The Morgan fingerprint density at radius 2 is 1.53 bits per heavy atom. The number of hydrogen-bond acceptors (Lipinski definition) is 3. The standard InChI is InChI=1S/C16H14O2S/c1-19-16-10-6-5-9-13(16)15(18)11-14(17)12-7-3-2-4-8-12/h2-10H,11H2,1H3. The van der Waals surface area contributed by atoms with E-state index in [9.17, 15) is 9.59 Å². The molecule has 0 aromatic heterocycles. The highest BCUT2D eigenvalue weighted by atomic mass is 32.2. The molecule has 0 aliphatic heterocycles. The van der Waals surface area contributed by atoms with Crippen molar-refractivity contribution in [2.24, 2.45) is 0 Å². The summed E-state index contributed by atoms with van der Waals surface area (Å²) in [5, 5.41) is 0. The van der Waals surface area contributed by atoms with Crippen LogP contribution in [-0.2, 0) is 0 Å². The molecule has 0 amide bonds. The molecule has 0 atom stereocenters. The highest BCUT2D eigenvalue weighted by Crippen LogP contribution is 2.21. The third-order valence-corrected chi connectivity index (χ3v) is 3.62. The summed E-state index contributed by atoms with van der Waals surface area (Å²) in [5.74, 6) is -0.264. The van der Waals surface area contributed by atoms with Crippen LogP contribution >= 0.6 is 11.8 Å². The van der Waals surface area contributed by atoms with Crippen LogP contribution in [0.4, 0.5) is 0 Å². The van der Waals surface area contributed by atoms with Crippen molar-refractivity contribution in [3.8, 4) is 0 Å². The molecule has 3 heteroatoms. The van der Waals surface area contributed by atoms with E-state index in [1.165, 1.54) is 11.8 Å². The van der Waals surface area contributed by atoms with Crippen LogP contribution in [0.5, 0.6) is 0 Å². The van der Waals surface area contributed by atoms with Crippen molar-refractivity contribution < 1.29 is 9.59 Å². The van der Waals surface area contributed by atoms with Gasteiger partial charge in [0.05, 0.1) is 6.42 Å². The molecule has 0 fully saturated rings. The molecule has 0 saturated carbocycles. The summed E-state index contributed by atoms with van der Waals surface area (Å²) >= 11 is 1.51. The van der Waals surface area contributed by atoms with Crippen LogP contribution in [0, 0.1) is 0 Å².